The Morgan fingerprint density at radius 1 is 1.38 bits per heavy atom. The highest BCUT2D eigenvalue weighted by Gasteiger charge is 2.30. The number of aliphatic carboxylic acids is 1. The van der Waals surface area contributed by atoms with Crippen LogP contribution in [0.5, 0.6) is 5.75 Å². The second-order valence-corrected chi connectivity index (χ2v) is 5.73. The predicted molar refractivity (Wildman–Crippen MR) is 76.3 cm³/mol. The number of nitrogens with zero attached hydrogens (tertiary/aromatic N) is 1. The molecule has 5 nitrogen and oxygen atoms in total. The zero-order chi connectivity index (χ0) is 14.8. The van der Waals surface area contributed by atoms with Crippen molar-refractivity contribution in [2.24, 2.45) is 5.92 Å². The van der Waals surface area contributed by atoms with Gasteiger partial charge in [0.05, 0.1) is 18.9 Å². The third kappa shape index (κ3) is 3.01. The van der Waals surface area contributed by atoms with E-state index in [1.807, 2.05) is 18.2 Å². The summed E-state index contributed by atoms with van der Waals surface area (Å²) in [6, 6.07) is 5.89. The minimum absolute atomic E-state index is 0.00966. The molecule has 0 saturated carbocycles. The summed E-state index contributed by atoms with van der Waals surface area (Å²) in [6.07, 6.45) is 2.89. The van der Waals surface area contributed by atoms with Gasteiger partial charge in [-0.2, -0.15) is 0 Å². The number of hydrogen-bond acceptors (Lipinski definition) is 3. The van der Waals surface area contributed by atoms with E-state index in [2.05, 4.69) is 0 Å². The first-order valence-corrected chi connectivity index (χ1v) is 7.38. The smallest absolute Gasteiger partial charge is 0.308 e. The first kappa shape index (κ1) is 13.9. The van der Waals surface area contributed by atoms with E-state index in [-0.39, 0.29) is 5.91 Å². The Kier molecular flexibility index (Phi) is 3.82. The van der Waals surface area contributed by atoms with E-state index in [1.165, 1.54) is 0 Å². The van der Waals surface area contributed by atoms with E-state index in [0.29, 0.717) is 25.9 Å². The summed E-state index contributed by atoms with van der Waals surface area (Å²) in [7, 11) is 0. The summed E-state index contributed by atoms with van der Waals surface area (Å²) in [6.45, 7) is 1.64. The van der Waals surface area contributed by atoms with Gasteiger partial charge in [0, 0.05) is 13.1 Å². The lowest BCUT2D eigenvalue weighted by atomic mass is 10.0. The number of fused-ring (bicyclic) bond motifs is 1. The minimum atomic E-state index is -0.809. The van der Waals surface area contributed by atoms with Crippen molar-refractivity contribution in [1.82, 2.24) is 4.90 Å². The number of carboxylic acid groups (broad SMARTS) is 1. The van der Waals surface area contributed by atoms with Gasteiger partial charge in [-0.15, -0.1) is 0 Å². The minimum Gasteiger partial charge on any atom is -0.493 e. The number of likely N-dealkylation sites (tertiary alicyclic amines) is 1. The molecule has 0 radical (unpaired) electrons. The van der Waals surface area contributed by atoms with Crippen molar-refractivity contribution in [2.45, 2.75) is 25.7 Å². The van der Waals surface area contributed by atoms with E-state index >= 15 is 0 Å². The normalized spacial score (nSPS) is 20.8. The van der Waals surface area contributed by atoms with Crippen LogP contribution in [0, 0.1) is 5.92 Å². The summed E-state index contributed by atoms with van der Waals surface area (Å²) in [4.78, 5) is 24.9. The van der Waals surface area contributed by atoms with Crippen LogP contribution in [-0.4, -0.2) is 41.6 Å². The Hall–Kier alpha value is -2.04. The Labute approximate surface area is 123 Å². The van der Waals surface area contributed by atoms with Gasteiger partial charge in [0.25, 0.3) is 0 Å². The third-order valence-electron chi connectivity index (χ3n) is 4.22. The SMILES string of the molecule is O=C(O)C1CCN(C(=O)Cc2ccc3c(c2)CCCO3)C1. The van der Waals surface area contributed by atoms with Crippen LogP contribution in [0.2, 0.25) is 0 Å². The molecular formula is C16H19NO4. The zero-order valence-corrected chi connectivity index (χ0v) is 11.9. The van der Waals surface area contributed by atoms with Crippen LogP contribution >= 0.6 is 0 Å². The van der Waals surface area contributed by atoms with E-state index < -0.39 is 11.9 Å². The first-order valence-electron chi connectivity index (χ1n) is 7.38. The zero-order valence-electron chi connectivity index (χ0n) is 11.9. The van der Waals surface area contributed by atoms with Crippen molar-refractivity contribution in [3.63, 3.8) is 0 Å². The molecule has 2 aliphatic heterocycles. The molecule has 3 rings (SSSR count). The van der Waals surface area contributed by atoms with Crippen LogP contribution in [0.4, 0.5) is 0 Å². The summed E-state index contributed by atoms with van der Waals surface area (Å²) >= 11 is 0. The van der Waals surface area contributed by atoms with Gasteiger partial charge in [0.1, 0.15) is 5.75 Å². The molecule has 2 heterocycles. The number of ether oxygens (including phenoxy) is 1. The first-order chi connectivity index (χ1) is 10.1. The molecule has 0 aromatic heterocycles. The van der Waals surface area contributed by atoms with E-state index in [1.54, 1.807) is 4.90 Å². The fourth-order valence-electron chi connectivity index (χ4n) is 3.00. The number of carboxylic acids is 1. The molecular weight excluding hydrogens is 270 g/mol. The van der Waals surface area contributed by atoms with Crippen LogP contribution in [0.25, 0.3) is 0 Å². The maximum Gasteiger partial charge on any atom is 0.308 e. The number of hydrogen-bond donors (Lipinski definition) is 1. The van der Waals surface area contributed by atoms with Gasteiger partial charge in [-0.3, -0.25) is 9.59 Å². The van der Waals surface area contributed by atoms with Gasteiger partial charge >= 0.3 is 5.97 Å². The quantitative estimate of drug-likeness (QED) is 0.915. The van der Waals surface area contributed by atoms with E-state index in [9.17, 15) is 9.59 Å². The van der Waals surface area contributed by atoms with Crippen molar-refractivity contribution >= 4 is 11.9 Å². The van der Waals surface area contributed by atoms with Gasteiger partial charge < -0.3 is 14.7 Å². The monoisotopic (exact) mass is 289 g/mol. The van der Waals surface area contributed by atoms with Crippen molar-refractivity contribution < 1.29 is 19.4 Å². The molecule has 1 amide bonds. The molecule has 1 fully saturated rings. The number of rotatable bonds is 3. The number of carbonyl (C=O) groups excluding carboxylic acids is 1. The Morgan fingerprint density at radius 3 is 3.00 bits per heavy atom. The lowest BCUT2D eigenvalue weighted by Crippen LogP contribution is -2.31. The number of carbonyl (C=O) groups is 2. The largest absolute Gasteiger partial charge is 0.493 e. The van der Waals surface area contributed by atoms with Crippen LogP contribution < -0.4 is 4.74 Å². The van der Waals surface area contributed by atoms with Crippen molar-refractivity contribution in [3.8, 4) is 5.75 Å². The Bertz CT molecular complexity index is 569. The fourth-order valence-corrected chi connectivity index (χ4v) is 3.00. The maximum atomic E-state index is 12.3. The summed E-state index contributed by atoms with van der Waals surface area (Å²) < 4.78 is 5.56. The molecule has 21 heavy (non-hydrogen) atoms. The molecule has 5 heteroatoms. The lowest BCUT2D eigenvalue weighted by molar-refractivity contribution is -0.141. The molecule has 1 aromatic rings. The second kappa shape index (κ2) is 5.76. The summed E-state index contributed by atoms with van der Waals surface area (Å²) in [5.74, 6) is -0.290. The molecule has 1 N–H and O–H groups in total. The molecule has 2 aliphatic rings. The molecule has 1 aromatic carbocycles. The van der Waals surface area contributed by atoms with Crippen molar-refractivity contribution in [1.29, 1.82) is 0 Å². The predicted octanol–water partition coefficient (Wildman–Crippen LogP) is 1.49. The molecule has 1 atom stereocenters. The lowest BCUT2D eigenvalue weighted by Gasteiger charge is -2.19. The third-order valence-corrected chi connectivity index (χ3v) is 4.22. The van der Waals surface area contributed by atoms with Gasteiger partial charge in [-0.05, 0) is 36.5 Å². The number of aryl methyl sites for hydroxylation is 1. The van der Waals surface area contributed by atoms with Gasteiger partial charge in [-0.25, -0.2) is 0 Å². The summed E-state index contributed by atoms with van der Waals surface area (Å²) in [5, 5.41) is 8.98. The molecule has 1 saturated heterocycles. The van der Waals surface area contributed by atoms with E-state index in [0.717, 1.165) is 36.3 Å². The van der Waals surface area contributed by atoms with Crippen LogP contribution in [0.1, 0.15) is 24.0 Å². The summed E-state index contributed by atoms with van der Waals surface area (Å²) in [5.41, 5.74) is 2.14. The van der Waals surface area contributed by atoms with Crippen molar-refractivity contribution in [3.05, 3.63) is 29.3 Å². The molecule has 1 unspecified atom stereocenters. The molecule has 112 valence electrons. The Morgan fingerprint density at radius 2 is 2.24 bits per heavy atom. The van der Waals surface area contributed by atoms with Crippen LogP contribution in [-0.2, 0) is 22.4 Å². The van der Waals surface area contributed by atoms with Gasteiger partial charge in [-0.1, -0.05) is 12.1 Å². The standard InChI is InChI=1S/C16H19NO4/c18-15(17-6-5-13(10-17)16(19)20)9-11-3-4-14-12(8-11)2-1-7-21-14/h3-4,8,13H,1-2,5-7,9-10H2,(H,19,20). The topological polar surface area (TPSA) is 66.8 Å². The van der Waals surface area contributed by atoms with Gasteiger partial charge in [0.2, 0.25) is 5.91 Å². The van der Waals surface area contributed by atoms with E-state index in [4.69, 9.17) is 9.84 Å². The van der Waals surface area contributed by atoms with Crippen LogP contribution in [0.15, 0.2) is 18.2 Å². The highest BCUT2D eigenvalue weighted by molar-refractivity contribution is 5.80. The Balaban J connectivity index is 1.64. The average Bonchev–Trinajstić information content (AvgIpc) is 2.97. The number of benzene rings is 1. The second-order valence-electron chi connectivity index (χ2n) is 5.73. The average molecular weight is 289 g/mol. The van der Waals surface area contributed by atoms with Gasteiger partial charge in [0.15, 0.2) is 0 Å². The van der Waals surface area contributed by atoms with Crippen molar-refractivity contribution in [2.75, 3.05) is 19.7 Å². The van der Waals surface area contributed by atoms with Crippen LogP contribution in [0.3, 0.4) is 0 Å². The molecule has 0 aliphatic carbocycles. The maximum absolute atomic E-state index is 12.3. The molecule has 0 spiro atoms. The highest BCUT2D eigenvalue weighted by atomic mass is 16.5. The fraction of sp³-hybridized carbons (Fsp3) is 0.500. The molecule has 0 bridgehead atoms. The number of amides is 1. The highest BCUT2D eigenvalue weighted by Crippen LogP contribution is 2.26.